The summed E-state index contributed by atoms with van der Waals surface area (Å²) >= 11 is -2.52. The zero-order valence-electron chi connectivity index (χ0n) is 21.9. The number of hydrogen-bond acceptors (Lipinski definition) is 0. The second-order valence-electron chi connectivity index (χ2n) is 11.8. The molecule has 0 aromatic heterocycles. The first-order valence-electron chi connectivity index (χ1n) is 13.9. The first-order valence-corrected chi connectivity index (χ1v) is 27.1. The Bertz CT molecular complexity index is 1550. The van der Waals surface area contributed by atoms with Crippen molar-refractivity contribution in [1.29, 1.82) is 0 Å². The summed E-state index contributed by atoms with van der Waals surface area (Å²) in [6.07, 6.45) is 8.05. The van der Waals surface area contributed by atoms with Gasteiger partial charge in [-0.3, -0.25) is 0 Å². The summed E-state index contributed by atoms with van der Waals surface area (Å²) in [6, 6.07) is 36.3. The van der Waals surface area contributed by atoms with E-state index in [-0.39, 0.29) is 0 Å². The fourth-order valence-electron chi connectivity index (χ4n) is 7.47. The van der Waals surface area contributed by atoms with Crippen LogP contribution in [0.15, 0.2) is 107 Å². The van der Waals surface area contributed by atoms with Crippen molar-refractivity contribution >= 4 is 21.7 Å². The second-order valence-corrected chi connectivity index (χ2v) is 32.0. The number of allylic oxidation sites excluding steroid dienone is 2. The maximum atomic E-state index is 2.75. The van der Waals surface area contributed by atoms with Crippen LogP contribution >= 0.6 is 0 Å². The van der Waals surface area contributed by atoms with E-state index >= 15 is 0 Å². The van der Waals surface area contributed by atoms with Crippen molar-refractivity contribution in [3.05, 3.63) is 130 Å². The summed E-state index contributed by atoms with van der Waals surface area (Å²) in [6.45, 7) is 0. The van der Waals surface area contributed by atoms with Gasteiger partial charge in [-0.15, -0.1) is 0 Å². The first kappa shape index (κ1) is 23.6. The van der Waals surface area contributed by atoms with Gasteiger partial charge < -0.3 is 0 Å². The molecule has 1 heterocycles. The van der Waals surface area contributed by atoms with Crippen LogP contribution in [0.25, 0.3) is 34.4 Å². The first-order chi connectivity index (χ1) is 18.1. The fraction of sp³-hybridized carbons (Fsp3) is 0.200. The van der Waals surface area contributed by atoms with Crippen molar-refractivity contribution in [3.63, 3.8) is 0 Å². The maximum absolute atomic E-state index is 2.75. The van der Waals surface area contributed by atoms with Gasteiger partial charge in [-0.2, -0.15) is 0 Å². The Balaban J connectivity index is 1.35. The molecule has 2 atom stereocenters. The molecule has 2 unspecified atom stereocenters. The van der Waals surface area contributed by atoms with Crippen molar-refractivity contribution < 1.29 is 20.0 Å². The van der Waals surface area contributed by atoms with Crippen molar-refractivity contribution in [2.24, 2.45) is 0 Å². The van der Waals surface area contributed by atoms with E-state index in [0.29, 0.717) is 5.92 Å². The van der Waals surface area contributed by atoms with Crippen LogP contribution in [0, 0.1) is 0 Å². The van der Waals surface area contributed by atoms with Gasteiger partial charge in [-0.05, 0) is 0 Å². The van der Waals surface area contributed by atoms with Crippen LogP contribution in [0.1, 0.15) is 44.7 Å². The molecule has 2 aliphatic carbocycles. The predicted octanol–water partition coefficient (Wildman–Crippen LogP) is 9.19. The van der Waals surface area contributed by atoms with Gasteiger partial charge in [0.05, 0.1) is 0 Å². The summed E-state index contributed by atoms with van der Waals surface area (Å²) in [4.78, 5) is 0. The summed E-state index contributed by atoms with van der Waals surface area (Å²) in [5.41, 5.74) is 11.8. The summed E-state index contributed by atoms with van der Waals surface area (Å²) < 4.78 is 7.76. The fourth-order valence-corrected chi connectivity index (χ4v) is 28.2. The Morgan fingerprint density at radius 3 is 1.84 bits per heavy atom. The Morgan fingerprint density at radius 1 is 0.622 bits per heavy atom. The average Bonchev–Trinajstić information content (AvgIpc) is 3.48. The Labute approximate surface area is 228 Å². The number of hydrogen-bond donors (Lipinski definition) is 0. The van der Waals surface area contributed by atoms with Crippen molar-refractivity contribution in [3.8, 4) is 22.3 Å². The number of benzene rings is 4. The van der Waals surface area contributed by atoms with Crippen molar-refractivity contribution in [1.82, 2.24) is 0 Å². The van der Waals surface area contributed by atoms with E-state index < -0.39 is 29.5 Å². The van der Waals surface area contributed by atoms with E-state index in [9.17, 15) is 0 Å². The third kappa shape index (κ3) is 4.04. The van der Waals surface area contributed by atoms with Gasteiger partial charge in [0.1, 0.15) is 0 Å². The molecule has 0 spiro atoms. The topological polar surface area (TPSA) is 0 Å². The number of rotatable bonds is 2. The molecular weight excluding hydrogens is 627 g/mol. The molecule has 4 aromatic carbocycles. The molecule has 1 aliphatic heterocycles. The van der Waals surface area contributed by atoms with Gasteiger partial charge in [0.25, 0.3) is 0 Å². The van der Waals surface area contributed by atoms with E-state index in [0.717, 1.165) is 3.67 Å². The third-order valence-electron chi connectivity index (χ3n) is 9.12. The van der Waals surface area contributed by atoms with E-state index in [4.69, 9.17) is 0 Å². The molecule has 0 amide bonds. The van der Waals surface area contributed by atoms with Crippen LogP contribution in [0.4, 0.5) is 0 Å². The van der Waals surface area contributed by atoms with Gasteiger partial charge in [-0.1, -0.05) is 0 Å². The molecule has 0 saturated carbocycles. The molecule has 3 aliphatic rings. The molecule has 0 nitrogen and oxygen atoms in total. The van der Waals surface area contributed by atoms with Crippen LogP contribution in [-0.2, 0) is 20.0 Å². The van der Waals surface area contributed by atoms with Crippen LogP contribution < -0.4 is 0 Å². The van der Waals surface area contributed by atoms with E-state index in [1.807, 2.05) is 5.20 Å². The van der Waals surface area contributed by atoms with Gasteiger partial charge in [0.15, 0.2) is 0 Å². The minimum absolute atomic E-state index is 0.523. The molecule has 37 heavy (non-hydrogen) atoms. The van der Waals surface area contributed by atoms with Gasteiger partial charge >= 0.3 is 230 Å². The zero-order chi connectivity index (χ0) is 25.0. The SMILES string of the molecule is [CH3][Hf]1([CH3])[CH2]CCC2C(=Cc3c(-c4ccccc4)cccc32)[SiH2]C2=Cc3c(-c4ccccc4)cccc3[CH]21. The minimum atomic E-state index is -2.52. The summed E-state index contributed by atoms with van der Waals surface area (Å²) in [5.74, 6) is 0.631. The number of fused-ring (bicyclic) bond motifs is 6. The quantitative estimate of drug-likeness (QED) is 0.188. The molecule has 1 fully saturated rings. The second kappa shape index (κ2) is 9.33. The van der Waals surface area contributed by atoms with Crippen LogP contribution in [0.3, 0.4) is 0 Å². The molecule has 4 aromatic rings. The summed E-state index contributed by atoms with van der Waals surface area (Å²) in [7, 11) is -0.523. The van der Waals surface area contributed by atoms with Crippen molar-refractivity contribution in [2.75, 3.05) is 0 Å². The van der Waals surface area contributed by atoms with Crippen LogP contribution in [0.2, 0.25) is 13.5 Å². The standard InChI is InChI=1S/C33H28Si.2CH3.Hf/c1-2-11-30-29-19-10-18-28(24-14-7-4-8-15-24)32(29)22-33(30)34-26-20-25-16-9-17-27(31(25)21-26)23-12-5-3-6-13-23;;;/h3-10,12-22,30H,1-2,11,34H2;2*1H3;. The normalized spacial score (nSPS) is 22.0. The van der Waals surface area contributed by atoms with Crippen molar-refractivity contribution in [2.45, 2.75) is 36.0 Å². The van der Waals surface area contributed by atoms with Gasteiger partial charge in [0, 0.05) is 0 Å². The van der Waals surface area contributed by atoms with Crippen LogP contribution in [-0.4, -0.2) is 9.52 Å². The van der Waals surface area contributed by atoms with Gasteiger partial charge in [0.2, 0.25) is 0 Å². The van der Waals surface area contributed by atoms with Crippen LogP contribution in [0.5, 0.6) is 0 Å². The molecule has 1 saturated heterocycles. The monoisotopic (exact) mass is 662 g/mol. The van der Waals surface area contributed by atoms with E-state index in [1.54, 1.807) is 16.3 Å². The molecular formula is C35H34HfSi. The van der Waals surface area contributed by atoms with E-state index in [2.05, 4.69) is 119 Å². The molecule has 0 bridgehead atoms. The van der Waals surface area contributed by atoms with Gasteiger partial charge in [-0.25, -0.2) is 0 Å². The Hall–Kier alpha value is -2.55. The average molecular weight is 661 g/mol. The predicted molar refractivity (Wildman–Crippen MR) is 160 cm³/mol. The zero-order valence-corrected chi connectivity index (χ0v) is 26.9. The molecule has 0 N–H and O–H groups in total. The Morgan fingerprint density at radius 2 is 1.19 bits per heavy atom. The summed E-state index contributed by atoms with van der Waals surface area (Å²) in [5, 5.41) is 3.63. The Kier molecular flexibility index (Phi) is 5.94. The van der Waals surface area contributed by atoms with E-state index in [1.165, 1.54) is 50.4 Å². The molecule has 0 radical (unpaired) electrons. The molecule has 7 rings (SSSR count). The third-order valence-corrected chi connectivity index (χ3v) is 26.7. The molecule has 182 valence electrons. The molecule has 2 heteroatoms.